The number of thioether (sulfide) groups is 1. The van der Waals surface area contributed by atoms with Gasteiger partial charge in [-0.3, -0.25) is 10.1 Å². The maximum atomic E-state index is 10.6. The van der Waals surface area contributed by atoms with Crippen LogP contribution < -0.4 is 0 Å². The Kier molecular flexibility index (Phi) is 4.13. The molecule has 4 nitrogen and oxygen atoms in total. The van der Waals surface area contributed by atoms with Gasteiger partial charge in [-0.15, -0.1) is 0 Å². The highest BCUT2D eigenvalue weighted by molar-refractivity contribution is 7.97. The molecule has 0 radical (unpaired) electrons. The predicted octanol–water partition coefficient (Wildman–Crippen LogP) is 2.52. The van der Waals surface area contributed by atoms with Crippen LogP contribution in [0.2, 0.25) is 0 Å². The summed E-state index contributed by atoms with van der Waals surface area (Å²) in [5.41, 5.74) is 1.83. The average Bonchev–Trinajstić information content (AvgIpc) is 2.21. The van der Waals surface area contributed by atoms with E-state index in [1.54, 1.807) is 23.9 Å². The fraction of sp³-hybridized carbons (Fsp3) is 0.300. The molecule has 0 atom stereocenters. The summed E-state index contributed by atoms with van der Waals surface area (Å²) >= 11 is 1.58. The molecular weight excluding hydrogens is 212 g/mol. The van der Waals surface area contributed by atoms with Gasteiger partial charge in [0.1, 0.15) is 0 Å². The number of benzene rings is 1. The van der Waals surface area contributed by atoms with Crippen molar-refractivity contribution in [1.29, 1.82) is 5.26 Å². The number of hydrogen-bond acceptors (Lipinski definition) is 4. The minimum Gasteiger partial charge on any atom is -0.258 e. The Morgan fingerprint density at radius 1 is 1.53 bits per heavy atom. The number of nitro benzene ring substituents is 1. The summed E-state index contributed by atoms with van der Waals surface area (Å²) in [5.74, 6) is 0.693. The molecule has 0 heterocycles. The van der Waals surface area contributed by atoms with Crippen molar-refractivity contribution in [1.82, 2.24) is 0 Å². The lowest BCUT2D eigenvalue weighted by Gasteiger charge is -2.04. The molecule has 1 aromatic carbocycles. The van der Waals surface area contributed by atoms with Crippen molar-refractivity contribution in [3.05, 3.63) is 39.4 Å². The monoisotopic (exact) mass is 222 g/mol. The van der Waals surface area contributed by atoms with E-state index in [0.29, 0.717) is 12.2 Å². The van der Waals surface area contributed by atoms with E-state index in [1.165, 1.54) is 6.07 Å². The first-order valence-electron chi connectivity index (χ1n) is 4.31. The topological polar surface area (TPSA) is 66.9 Å². The molecule has 5 heteroatoms. The van der Waals surface area contributed by atoms with E-state index in [9.17, 15) is 10.1 Å². The van der Waals surface area contributed by atoms with Crippen LogP contribution in [0.15, 0.2) is 18.2 Å². The molecule has 0 aromatic heterocycles. The Hall–Kier alpha value is -1.54. The van der Waals surface area contributed by atoms with Gasteiger partial charge in [-0.2, -0.15) is 17.0 Å². The first-order chi connectivity index (χ1) is 7.19. The summed E-state index contributed by atoms with van der Waals surface area (Å²) in [6.45, 7) is 0. The second-order valence-electron chi connectivity index (χ2n) is 2.98. The molecule has 0 aliphatic carbocycles. The predicted molar refractivity (Wildman–Crippen MR) is 59.6 cm³/mol. The zero-order chi connectivity index (χ0) is 11.3. The van der Waals surface area contributed by atoms with Crippen molar-refractivity contribution in [3.8, 4) is 6.07 Å². The van der Waals surface area contributed by atoms with Gasteiger partial charge >= 0.3 is 0 Å². The van der Waals surface area contributed by atoms with Gasteiger partial charge in [-0.25, -0.2) is 0 Å². The molecule has 1 rings (SSSR count). The van der Waals surface area contributed by atoms with Gasteiger partial charge < -0.3 is 0 Å². The van der Waals surface area contributed by atoms with Crippen molar-refractivity contribution in [2.24, 2.45) is 0 Å². The first kappa shape index (κ1) is 11.5. The van der Waals surface area contributed by atoms with E-state index >= 15 is 0 Å². The number of rotatable bonds is 4. The molecule has 0 amide bonds. The molecule has 0 aliphatic heterocycles. The molecule has 0 aliphatic rings. The van der Waals surface area contributed by atoms with Crippen molar-refractivity contribution >= 4 is 17.4 Å². The summed E-state index contributed by atoms with van der Waals surface area (Å²) in [6.07, 6.45) is 2.23. The van der Waals surface area contributed by atoms with E-state index in [4.69, 9.17) is 5.26 Å². The molecule has 15 heavy (non-hydrogen) atoms. The number of nitro groups is 1. The number of nitrogens with zero attached hydrogens (tertiary/aromatic N) is 2. The normalized spacial score (nSPS) is 9.60. The summed E-state index contributed by atoms with van der Waals surface area (Å²) < 4.78 is 0. The molecule has 0 N–H and O–H groups in total. The van der Waals surface area contributed by atoms with Crippen LogP contribution in [0.25, 0.3) is 0 Å². The molecule has 0 saturated carbocycles. The fourth-order valence-corrected chi connectivity index (χ4v) is 1.85. The van der Waals surface area contributed by atoms with E-state index < -0.39 is 4.92 Å². The molecule has 0 spiro atoms. The molecule has 0 unspecified atom stereocenters. The third kappa shape index (κ3) is 2.96. The highest BCUT2D eigenvalue weighted by Crippen LogP contribution is 2.21. The van der Waals surface area contributed by atoms with Crippen LogP contribution in [0.5, 0.6) is 0 Å². The van der Waals surface area contributed by atoms with Crippen molar-refractivity contribution < 1.29 is 4.92 Å². The number of hydrogen-bond donors (Lipinski definition) is 0. The lowest BCUT2D eigenvalue weighted by molar-refractivity contribution is -0.384. The molecule has 0 bridgehead atoms. The number of nitriles is 1. The lowest BCUT2D eigenvalue weighted by Crippen LogP contribution is -1.95. The second kappa shape index (κ2) is 5.37. The van der Waals surface area contributed by atoms with Crippen LogP contribution in [0.3, 0.4) is 0 Å². The van der Waals surface area contributed by atoms with Gasteiger partial charge in [-0.1, -0.05) is 6.07 Å². The molecule has 78 valence electrons. The van der Waals surface area contributed by atoms with Crippen molar-refractivity contribution in [3.63, 3.8) is 0 Å². The third-order valence-electron chi connectivity index (χ3n) is 1.97. The van der Waals surface area contributed by atoms with Crippen LogP contribution in [0, 0.1) is 21.4 Å². The van der Waals surface area contributed by atoms with E-state index in [2.05, 4.69) is 6.07 Å². The Balaban J connectivity index is 3.09. The smallest absolute Gasteiger partial charge is 0.258 e. The van der Waals surface area contributed by atoms with Gasteiger partial charge in [0.15, 0.2) is 0 Å². The second-order valence-corrected chi connectivity index (χ2v) is 3.84. The van der Waals surface area contributed by atoms with E-state index in [-0.39, 0.29) is 5.69 Å². The molecule has 0 saturated heterocycles. The standard InChI is InChI=1S/C10H10N2O2S/c1-15-7-9-6-10(12(13)14)3-2-8(9)4-5-11/h2-3,6H,4,7H2,1H3. The first-order valence-corrected chi connectivity index (χ1v) is 5.70. The van der Waals surface area contributed by atoms with Crippen LogP contribution in [-0.2, 0) is 12.2 Å². The summed E-state index contributed by atoms with van der Waals surface area (Å²) in [5, 5.41) is 19.2. The number of non-ortho nitro benzene ring substituents is 1. The fourth-order valence-electron chi connectivity index (χ4n) is 1.27. The average molecular weight is 222 g/mol. The van der Waals surface area contributed by atoms with Crippen LogP contribution in [0.1, 0.15) is 11.1 Å². The van der Waals surface area contributed by atoms with Crippen LogP contribution in [0.4, 0.5) is 5.69 Å². The largest absolute Gasteiger partial charge is 0.269 e. The summed E-state index contributed by atoms with van der Waals surface area (Å²) in [7, 11) is 0. The van der Waals surface area contributed by atoms with E-state index in [0.717, 1.165) is 11.1 Å². The molecular formula is C10H10N2O2S. The lowest BCUT2D eigenvalue weighted by atomic mass is 10.1. The Labute approximate surface area is 92.1 Å². The van der Waals surface area contributed by atoms with Gasteiger partial charge in [0.25, 0.3) is 5.69 Å². The van der Waals surface area contributed by atoms with E-state index in [1.807, 2.05) is 6.26 Å². The van der Waals surface area contributed by atoms with Gasteiger partial charge in [0.2, 0.25) is 0 Å². The summed E-state index contributed by atoms with van der Waals surface area (Å²) in [4.78, 5) is 10.1. The highest BCUT2D eigenvalue weighted by Gasteiger charge is 2.09. The summed E-state index contributed by atoms with van der Waals surface area (Å²) in [6, 6.07) is 6.70. The van der Waals surface area contributed by atoms with Crippen molar-refractivity contribution in [2.45, 2.75) is 12.2 Å². The van der Waals surface area contributed by atoms with Crippen molar-refractivity contribution in [2.75, 3.05) is 6.26 Å². The quantitative estimate of drug-likeness (QED) is 0.580. The Bertz CT molecular complexity index is 412. The van der Waals surface area contributed by atoms with Crippen LogP contribution in [-0.4, -0.2) is 11.2 Å². The third-order valence-corrected chi connectivity index (χ3v) is 2.57. The van der Waals surface area contributed by atoms with Crippen LogP contribution >= 0.6 is 11.8 Å². The van der Waals surface area contributed by atoms with Gasteiger partial charge in [0.05, 0.1) is 17.4 Å². The zero-order valence-corrected chi connectivity index (χ0v) is 9.08. The maximum Gasteiger partial charge on any atom is 0.269 e. The Morgan fingerprint density at radius 2 is 2.27 bits per heavy atom. The highest BCUT2D eigenvalue weighted by atomic mass is 32.2. The molecule has 0 fully saturated rings. The van der Waals surface area contributed by atoms with Gasteiger partial charge in [-0.05, 0) is 17.4 Å². The SMILES string of the molecule is CSCc1cc([N+](=O)[O-])ccc1CC#N. The minimum absolute atomic E-state index is 0.0840. The minimum atomic E-state index is -0.417. The molecule has 1 aromatic rings. The zero-order valence-electron chi connectivity index (χ0n) is 8.27. The maximum absolute atomic E-state index is 10.6. The van der Waals surface area contributed by atoms with Gasteiger partial charge in [0, 0.05) is 17.9 Å². The Morgan fingerprint density at radius 3 is 2.80 bits per heavy atom.